The molecule has 0 radical (unpaired) electrons. The summed E-state index contributed by atoms with van der Waals surface area (Å²) in [6.07, 6.45) is 4.03. The molecule has 102 valence electrons. The van der Waals surface area contributed by atoms with Crippen LogP contribution in [0.1, 0.15) is 43.8 Å². The molecule has 1 aromatic heterocycles. The molecule has 0 bridgehead atoms. The van der Waals surface area contributed by atoms with Crippen LogP contribution >= 0.6 is 11.3 Å². The van der Waals surface area contributed by atoms with Crippen molar-refractivity contribution in [3.8, 4) is 0 Å². The third kappa shape index (κ3) is 4.04. The van der Waals surface area contributed by atoms with Crippen molar-refractivity contribution in [3.05, 3.63) is 16.1 Å². The van der Waals surface area contributed by atoms with Gasteiger partial charge in [-0.3, -0.25) is 4.90 Å². The van der Waals surface area contributed by atoms with Gasteiger partial charge < -0.3 is 5.32 Å². The van der Waals surface area contributed by atoms with Gasteiger partial charge in [0.05, 0.1) is 10.7 Å². The summed E-state index contributed by atoms with van der Waals surface area (Å²) in [6.45, 7) is 9.88. The van der Waals surface area contributed by atoms with Gasteiger partial charge in [-0.2, -0.15) is 0 Å². The zero-order chi connectivity index (χ0) is 13.0. The third-order valence-electron chi connectivity index (χ3n) is 3.54. The van der Waals surface area contributed by atoms with Crippen LogP contribution in [0, 0.1) is 6.92 Å². The zero-order valence-corrected chi connectivity index (χ0v) is 12.6. The molecule has 1 atom stereocenters. The molecular weight excluding hydrogens is 242 g/mol. The molecule has 0 aromatic carbocycles. The predicted octanol–water partition coefficient (Wildman–Crippen LogP) is 2.80. The summed E-state index contributed by atoms with van der Waals surface area (Å²) >= 11 is 1.76. The maximum absolute atomic E-state index is 4.59. The van der Waals surface area contributed by atoms with E-state index in [9.17, 15) is 0 Å². The second-order valence-electron chi connectivity index (χ2n) is 5.54. The topological polar surface area (TPSA) is 28.2 Å². The fourth-order valence-electron chi connectivity index (χ4n) is 2.56. The largest absolute Gasteiger partial charge is 0.313 e. The summed E-state index contributed by atoms with van der Waals surface area (Å²) in [4.78, 5) is 7.20. The fourth-order valence-corrected chi connectivity index (χ4v) is 3.16. The molecular formula is C14H25N3S. The van der Waals surface area contributed by atoms with Crippen LogP contribution in [0.2, 0.25) is 0 Å². The van der Waals surface area contributed by atoms with Gasteiger partial charge >= 0.3 is 0 Å². The van der Waals surface area contributed by atoms with Crippen LogP contribution in [0.5, 0.6) is 0 Å². The lowest BCUT2D eigenvalue weighted by Crippen LogP contribution is -2.46. The lowest BCUT2D eigenvalue weighted by atomic mass is 10.0. The van der Waals surface area contributed by atoms with Gasteiger partial charge in [-0.25, -0.2) is 4.98 Å². The van der Waals surface area contributed by atoms with Crippen LogP contribution in [-0.4, -0.2) is 35.1 Å². The Morgan fingerprint density at radius 1 is 1.50 bits per heavy atom. The summed E-state index contributed by atoms with van der Waals surface area (Å²) in [7, 11) is 0. The van der Waals surface area contributed by atoms with E-state index in [0.29, 0.717) is 12.1 Å². The smallest absolute Gasteiger partial charge is 0.0897 e. The number of piperidine rings is 1. The van der Waals surface area contributed by atoms with Crippen molar-refractivity contribution in [3.63, 3.8) is 0 Å². The summed E-state index contributed by atoms with van der Waals surface area (Å²) < 4.78 is 0. The second kappa shape index (κ2) is 6.64. The Kier molecular flexibility index (Phi) is 5.15. The first-order valence-electron chi connectivity index (χ1n) is 7.03. The average Bonchev–Trinajstić information content (AvgIpc) is 2.73. The van der Waals surface area contributed by atoms with Crippen molar-refractivity contribution in [2.75, 3.05) is 13.1 Å². The summed E-state index contributed by atoms with van der Waals surface area (Å²) in [5, 5.41) is 6.96. The molecule has 2 rings (SSSR count). The number of likely N-dealkylation sites (tertiary alicyclic amines) is 1. The van der Waals surface area contributed by atoms with E-state index in [2.05, 4.69) is 41.4 Å². The van der Waals surface area contributed by atoms with Crippen LogP contribution in [0.3, 0.4) is 0 Å². The Labute approximate surface area is 115 Å². The quantitative estimate of drug-likeness (QED) is 0.889. The fraction of sp³-hybridized carbons (Fsp3) is 0.786. The van der Waals surface area contributed by atoms with E-state index in [1.54, 1.807) is 11.3 Å². The Bertz CT molecular complexity index is 362. The van der Waals surface area contributed by atoms with E-state index in [1.807, 2.05) is 0 Å². The molecule has 1 aromatic rings. The molecule has 1 aliphatic heterocycles. The molecule has 2 heterocycles. The standard InChI is InChI=1S/C14H25N3S/c1-11(2)15-8-14-6-4-5-7-17(14)9-13-10-18-12(3)16-13/h10-11,14-15H,4-9H2,1-3H3. The van der Waals surface area contributed by atoms with Gasteiger partial charge in [-0.15, -0.1) is 11.3 Å². The maximum atomic E-state index is 4.59. The number of aryl methyl sites for hydroxylation is 1. The van der Waals surface area contributed by atoms with Gasteiger partial charge in [0, 0.05) is 30.6 Å². The first-order chi connectivity index (χ1) is 8.65. The maximum Gasteiger partial charge on any atom is 0.0897 e. The van der Waals surface area contributed by atoms with E-state index in [1.165, 1.54) is 36.5 Å². The number of aromatic nitrogens is 1. The van der Waals surface area contributed by atoms with E-state index < -0.39 is 0 Å². The summed E-state index contributed by atoms with van der Waals surface area (Å²) in [5.41, 5.74) is 1.24. The number of hydrogen-bond acceptors (Lipinski definition) is 4. The molecule has 0 amide bonds. The SMILES string of the molecule is Cc1nc(CN2CCCCC2CNC(C)C)cs1. The van der Waals surface area contributed by atoms with Crippen LogP contribution in [0.15, 0.2) is 5.38 Å². The Morgan fingerprint density at radius 2 is 2.33 bits per heavy atom. The highest BCUT2D eigenvalue weighted by molar-refractivity contribution is 7.09. The van der Waals surface area contributed by atoms with Gasteiger partial charge in [-0.05, 0) is 26.3 Å². The van der Waals surface area contributed by atoms with Crippen molar-refractivity contribution in [1.82, 2.24) is 15.2 Å². The van der Waals surface area contributed by atoms with Gasteiger partial charge in [0.1, 0.15) is 0 Å². The van der Waals surface area contributed by atoms with Gasteiger partial charge in [-0.1, -0.05) is 20.3 Å². The van der Waals surface area contributed by atoms with Crippen molar-refractivity contribution in [2.24, 2.45) is 0 Å². The lowest BCUT2D eigenvalue weighted by Gasteiger charge is -2.35. The molecule has 0 aliphatic carbocycles. The number of thiazole rings is 1. The highest BCUT2D eigenvalue weighted by Crippen LogP contribution is 2.20. The van der Waals surface area contributed by atoms with Crippen LogP contribution in [-0.2, 0) is 6.54 Å². The predicted molar refractivity (Wildman–Crippen MR) is 78.0 cm³/mol. The highest BCUT2D eigenvalue weighted by atomic mass is 32.1. The van der Waals surface area contributed by atoms with E-state index in [4.69, 9.17) is 0 Å². The molecule has 0 saturated carbocycles. The molecule has 1 aliphatic rings. The molecule has 1 N–H and O–H groups in total. The minimum atomic E-state index is 0.579. The summed E-state index contributed by atoms with van der Waals surface area (Å²) in [6, 6.07) is 1.26. The van der Waals surface area contributed by atoms with Crippen molar-refractivity contribution >= 4 is 11.3 Å². The zero-order valence-electron chi connectivity index (χ0n) is 11.8. The van der Waals surface area contributed by atoms with Crippen molar-refractivity contribution in [1.29, 1.82) is 0 Å². The molecule has 4 heteroatoms. The monoisotopic (exact) mass is 267 g/mol. The Morgan fingerprint density at radius 3 is 3.00 bits per heavy atom. The average molecular weight is 267 g/mol. The molecule has 1 unspecified atom stereocenters. The molecule has 1 saturated heterocycles. The van der Waals surface area contributed by atoms with E-state index in [-0.39, 0.29) is 0 Å². The van der Waals surface area contributed by atoms with Crippen LogP contribution < -0.4 is 5.32 Å². The van der Waals surface area contributed by atoms with Crippen molar-refractivity contribution < 1.29 is 0 Å². The number of nitrogens with zero attached hydrogens (tertiary/aromatic N) is 2. The molecule has 3 nitrogen and oxygen atoms in total. The minimum Gasteiger partial charge on any atom is -0.313 e. The molecule has 18 heavy (non-hydrogen) atoms. The first kappa shape index (κ1) is 14.0. The molecule has 0 spiro atoms. The number of rotatable bonds is 5. The summed E-state index contributed by atoms with van der Waals surface area (Å²) in [5.74, 6) is 0. The van der Waals surface area contributed by atoms with Crippen molar-refractivity contribution in [2.45, 2.75) is 58.7 Å². The van der Waals surface area contributed by atoms with Gasteiger partial charge in [0.2, 0.25) is 0 Å². The van der Waals surface area contributed by atoms with Crippen LogP contribution in [0.25, 0.3) is 0 Å². The number of nitrogens with one attached hydrogen (secondary N) is 1. The van der Waals surface area contributed by atoms with Gasteiger partial charge in [0.15, 0.2) is 0 Å². The van der Waals surface area contributed by atoms with Crippen LogP contribution in [0.4, 0.5) is 0 Å². The lowest BCUT2D eigenvalue weighted by molar-refractivity contribution is 0.134. The third-order valence-corrected chi connectivity index (χ3v) is 4.36. The Balaban J connectivity index is 1.90. The minimum absolute atomic E-state index is 0.579. The van der Waals surface area contributed by atoms with E-state index >= 15 is 0 Å². The molecule has 1 fully saturated rings. The Hall–Kier alpha value is -0.450. The number of hydrogen-bond donors (Lipinski definition) is 1. The highest BCUT2D eigenvalue weighted by Gasteiger charge is 2.22. The first-order valence-corrected chi connectivity index (χ1v) is 7.91. The van der Waals surface area contributed by atoms with E-state index in [0.717, 1.165) is 13.1 Å². The second-order valence-corrected chi connectivity index (χ2v) is 6.60. The van der Waals surface area contributed by atoms with Gasteiger partial charge in [0.25, 0.3) is 0 Å². The normalized spacial score (nSPS) is 21.7.